The van der Waals surface area contributed by atoms with Crippen molar-refractivity contribution in [2.45, 2.75) is 31.7 Å². The lowest BCUT2D eigenvalue weighted by Gasteiger charge is -2.13. The van der Waals surface area contributed by atoms with Crippen molar-refractivity contribution in [2.24, 2.45) is 0 Å². The van der Waals surface area contributed by atoms with Gasteiger partial charge in [-0.3, -0.25) is 9.36 Å². The van der Waals surface area contributed by atoms with Crippen LogP contribution in [0.5, 0.6) is 0 Å². The summed E-state index contributed by atoms with van der Waals surface area (Å²) in [6.07, 6.45) is -7.79. The van der Waals surface area contributed by atoms with Gasteiger partial charge in [0, 0.05) is 23.7 Å². The van der Waals surface area contributed by atoms with Crippen molar-refractivity contribution < 1.29 is 41.0 Å². The Hall–Kier alpha value is -3.76. The van der Waals surface area contributed by atoms with Gasteiger partial charge in [-0.15, -0.1) is 0 Å². The second-order valence-corrected chi connectivity index (χ2v) is 7.61. The van der Waals surface area contributed by atoms with Crippen molar-refractivity contribution in [1.82, 2.24) is 9.88 Å². The summed E-state index contributed by atoms with van der Waals surface area (Å²) in [5.41, 5.74) is -2.29. The summed E-state index contributed by atoms with van der Waals surface area (Å²) >= 11 is 0. The van der Waals surface area contributed by atoms with Gasteiger partial charge in [0.25, 0.3) is 0 Å². The SMILES string of the molecule is C[C@H](Cc1cn(C(=O)O)c2ccccc12)NC(=O)C=Cc1cc(C(F)(F)F)cc(C(F)(F)F)c1. The first kappa shape index (κ1) is 24.9. The number of halogens is 6. The van der Waals surface area contributed by atoms with E-state index >= 15 is 0 Å². The van der Waals surface area contributed by atoms with Crippen LogP contribution in [0, 0.1) is 0 Å². The number of hydrogen-bond donors (Lipinski definition) is 2. The minimum absolute atomic E-state index is 0.00701. The minimum Gasteiger partial charge on any atom is -0.464 e. The van der Waals surface area contributed by atoms with Crippen LogP contribution in [-0.2, 0) is 23.6 Å². The average Bonchev–Trinajstić information content (AvgIpc) is 3.09. The number of carbonyl (C=O) groups excluding carboxylic acids is 1. The van der Waals surface area contributed by atoms with Crippen molar-refractivity contribution in [3.63, 3.8) is 0 Å². The number of amides is 1. The standard InChI is InChI=1S/C23H18F6N2O3/c1-13(8-15-12-31(21(33)34)19-5-3-2-4-18(15)19)30-20(32)7-6-14-9-16(22(24,25)26)11-17(10-14)23(27,28)29/h2-7,9-13H,8H2,1H3,(H,30,32)(H,33,34)/t13-/m1/s1. The molecule has 3 rings (SSSR count). The van der Waals surface area contributed by atoms with Crippen LogP contribution < -0.4 is 5.32 Å². The third-order valence-corrected chi connectivity index (χ3v) is 4.95. The Morgan fingerprint density at radius 3 is 2.18 bits per heavy atom. The number of aromatic nitrogens is 1. The van der Waals surface area contributed by atoms with Crippen LogP contribution in [0.2, 0.25) is 0 Å². The topological polar surface area (TPSA) is 71.3 Å². The number of hydrogen-bond acceptors (Lipinski definition) is 2. The fourth-order valence-electron chi connectivity index (χ4n) is 3.49. The number of carboxylic acid groups (broad SMARTS) is 1. The molecule has 11 heteroatoms. The van der Waals surface area contributed by atoms with Gasteiger partial charge in [0.15, 0.2) is 0 Å². The second-order valence-electron chi connectivity index (χ2n) is 7.61. The van der Waals surface area contributed by atoms with Gasteiger partial charge in [0.1, 0.15) is 0 Å². The molecular formula is C23H18F6N2O3. The Labute approximate surface area is 189 Å². The highest BCUT2D eigenvalue weighted by Crippen LogP contribution is 2.36. The van der Waals surface area contributed by atoms with Gasteiger partial charge in [-0.1, -0.05) is 18.2 Å². The summed E-state index contributed by atoms with van der Waals surface area (Å²) in [4.78, 5) is 23.6. The van der Waals surface area contributed by atoms with E-state index in [1.54, 1.807) is 31.2 Å². The van der Waals surface area contributed by atoms with E-state index in [2.05, 4.69) is 5.32 Å². The Morgan fingerprint density at radius 1 is 1.03 bits per heavy atom. The largest absolute Gasteiger partial charge is 0.464 e. The smallest absolute Gasteiger partial charge is 0.416 e. The fraction of sp³-hybridized carbons (Fsp3) is 0.217. The molecule has 1 aromatic heterocycles. The Balaban J connectivity index is 1.76. The number of para-hydroxylation sites is 1. The number of fused-ring (bicyclic) bond motifs is 1. The van der Waals surface area contributed by atoms with Gasteiger partial charge >= 0.3 is 18.4 Å². The molecule has 2 aromatic carbocycles. The van der Waals surface area contributed by atoms with E-state index in [0.717, 1.165) is 16.7 Å². The lowest BCUT2D eigenvalue weighted by Crippen LogP contribution is -2.32. The first-order valence-electron chi connectivity index (χ1n) is 9.86. The maximum absolute atomic E-state index is 13.0. The summed E-state index contributed by atoms with van der Waals surface area (Å²) in [6.45, 7) is 1.63. The van der Waals surface area contributed by atoms with E-state index in [1.165, 1.54) is 6.20 Å². The molecule has 1 heterocycles. The Kier molecular flexibility index (Phi) is 6.76. The zero-order valence-electron chi connectivity index (χ0n) is 17.5. The highest BCUT2D eigenvalue weighted by molar-refractivity contribution is 5.93. The third-order valence-electron chi connectivity index (χ3n) is 4.95. The number of nitrogens with one attached hydrogen (secondary N) is 1. The maximum atomic E-state index is 13.0. The first-order valence-corrected chi connectivity index (χ1v) is 9.86. The molecule has 0 unspecified atom stereocenters. The molecule has 34 heavy (non-hydrogen) atoms. The molecule has 0 spiro atoms. The van der Waals surface area contributed by atoms with Crippen LogP contribution in [0.4, 0.5) is 31.1 Å². The van der Waals surface area contributed by atoms with Crippen molar-refractivity contribution >= 4 is 29.0 Å². The zero-order valence-corrected chi connectivity index (χ0v) is 17.5. The highest BCUT2D eigenvalue weighted by atomic mass is 19.4. The molecule has 1 atom stereocenters. The number of rotatable bonds is 5. The third kappa shape index (κ3) is 5.77. The lowest BCUT2D eigenvalue weighted by atomic mass is 10.0. The van der Waals surface area contributed by atoms with E-state index < -0.39 is 47.1 Å². The van der Waals surface area contributed by atoms with E-state index in [0.29, 0.717) is 28.6 Å². The summed E-state index contributed by atoms with van der Waals surface area (Å²) in [7, 11) is 0. The highest BCUT2D eigenvalue weighted by Gasteiger charge is 2.36. The summed E-state index contributed by atoms with van der Waals surface area (Å²) in [5.74, 6) is -0.736. The normalized spacial score (nSPS) is 13.4. The van der Waals surface area contributed by atoms with Gasteiger partial charge in [0.05, 0.1) is 16.6 Å². The summed E-state index contributed by atoms with van der Waals surface area (Å²) in [5, 5.41) is 12.6. The van der Waals surface area contributed by atoms with E-state index in [-0.39, 0.29) is 12.5 Å². The molecular weight excluding hydrogens is 466 g/mol. The first-order chi connectivity index (χ1) is 15.8. The van der Waals surface area contributed by atoms with Gasteiger partial charge < -0.3 is 10.4 Å². The molecule has 0 saturated heterocycles. The lowest BCUT2D eigenvalue weighted by molar-refractivity contribution is -0.143. The van der Waals surface area contributed by atoms with Gasteiger partial charge in [-0.2, -0.15) is 26.3 Å². The predicted molar refractivity (Wildman–Crippen MR) is 112 cm³/mol. The van der Waals surface area contributed by atoms with Crippen molar-refractivity contribution in [3.8, 4) is 0 Å². The van der Waals surface area contributed by atoms with Gasteiger partial charge in [-0.25, -0.2) is 4.79 Å². The quantitative estimate of drug-likeness (QED) is 0.347. The van der Waals surface area contributed by atoms with Crippen molar-refractivity contribution in [3.05, 3.63) is 77.0 Å². The van der Waals surface area contributed by atoms with E-state index in [9.17, 15) is 41.0 Å². The van der Waals surface area contributed by atoms with Gasteiger partial charge in [0.2, 0.25) is 5.91 Å². The van der Waals surface area contributed by atoms with Crippen molar-refractivity contribution in [2.75, 3.05) is 0 Å². The molecule has 0 radical (unpaired) electrons. The monoisotopic (exact) mass is 484 g/mol. The maximum Gasteiger partial charge on any atom is 0.416 e. The molecule has 3 aromatic rings. The molecule has 2 N–H and O–H groups in total. The van der Waals surface area contributed by atoms with Crippen LogP contribution in [0.15, 0.2) is 54.7 Å². The Morgan fingerprint density at radius 2 is 1.62 bits per heavy atom. The molecule has 0 saturated carbocycles. The number of alkyl halides is 6. The molecule has 5 nitrogen and oxygen atoms in total. The van der Waals surface area contributed by atoms with Crippen LogP contribution in [0.1, 0.15) is 29.2 Å². The predicted octanol–water partition coefficient (Wildman–Crippen LogP) is 5.97. The molecule has 0 aliphatic rings. The average molecular weight is 484 g/mol. The van der Waals surface area contributed by atoms with Crippen LogP contribution in [0.3, 0.4) is 0 Å². The Bertz CT molecular complexity index is 1230. The summed E-state index contributed by atoms with van der Waals surface area (Å²) in [6, 6.07) is 7.29. The molecule has 0 aliphatic heterocycles. The molecule has 0 fully saturated rings. The number of carbonyl (C=O) groups is 2. The molecule has 1 amide bonds. The number of nitrogens with zero attached hydrogens (tertiary/aromatic N) is 1. The van der Waals surface area contributed by atoms with E-state index in [4.69, 9.17) is 0 Å². The van der Waals surface area contributed by atoms with Crippen molar-refractivity contribution in [1.29, 1.82) is 0 Å². The second kappa shape index (κ2) is 9.24. The van der Waals surface area contributed by atoms with E-state index in [1.807, 2.05) is 0 Å². The molecule has 180 valence electrons. The summed E-state index contributed by atoms with van der Waals surface area (Å²) < 4.78 is 78.9. The van der Waals surface area contributed by atoms with Gasteiger partial charge in [-0.05, 0) is 54.8 Å². The molecule has 0 bridgehead atoms. The van der Waals surface area contributed by atoms with Crippen LogP contribution >= 0.6 is 0 Å². The van der Waals surface area contributed by atoms with Crippen LogP contribution in [0.25, 0.3) is 17.0 Å². The number of benzene rings is 2. The molecule has 0 aliphatic carbocycles. The zero-order chi connectivity index (χ0) is 25.3. The minimum atomic E-state index is -4.99. The fourth-order valence-corrected chi connectivity index (χ4v) is 3.49. The van der Waals surface area contributed by atoms with Crippen LogP contribution in [-0.4, -0.2) is 27.7 Å².